The molecule has 0 atom stereocenters. The van der Waals surface area contributed by atoms with E-state index in [1.54, 1.807) is 29.4 Å². The molecule has 24 heavy (non-hydrogen) atoms. The number of thiophene rings is 1. The van der Waals surface area contributed by atoms with Crippen LogP contribution < -0.4 is 0 Å². The third-order valence-corrected chi connectivity index (χ3v) is 5.89. The van der Waals surface area contributed by atoms with Crippen LogP contribution >= 0.6 is 23.1 Å². The van der Waals surface area contributed by atoms with Crippen molar-refractivity contribution in [1.29, 1.82) is 0 Å². The molecule has 6 heteroatoms. The number of rotatable bonds is 7. The summed E-state index contributed by atoms with van der Waals surface area (Å²) >= 11 is 3.37. The second kappa shape index (κ2) is 8.05. The van der Waals surface area contributed by atoms with E-state index in [1.165, 1.54) is 12.1 Å². The Morgan fingerprint density at radius 3 is 2.58 bits per heavy atom. The Kier molecular flexibility index (Phi) is 5.81. The average Bonchev–Trinajstić information content (AvgIpc) is 3.04. The van der Waals surface area contributed by atoms with Crippen LogP contribution in [-0.4, -0.2) is 40.3 Å². The van der Waals surface area contributed by atoms with Gasteiger partial charge in [-0.3, -0.25) is 0 Å². The number of hydrogen-bond donors (Lipinski definition) is 0. The molecule has 3 aromatic rings. The van der Waals surface area contributed by atoms with Crippen LogP contribution in [0.25, 0.3) is 21.3 Å². The van der Waals surface area contributed by atoms with Gasteiger partial charge in [0.1, 0.15) is 22.0 Å². The summed E-state index contributed by atoms with van der Waals surface area (Å²) in [6.45, 7) is 7.54. The van der Waals surface area contributed by atoms with Crippen molar-refractivity contribution < 1.29 is 4.39 Å². The Bertz CT molecular complexity index is 798. The van der Waals surface area contributed by atoms with Gasteiger partial charge in [0, 0.05) is 23.2 Å². The molecule has 2 aromatic heterocycles. The molecule has 0 radical (unpaired) electrons. The molecule has 0 amide bonds. The number of aromatic nitrogens is 2. The van der Waals surface area contributed by atoms with Crippen LogP contribution in [0.15, 0.2) is 41.0 Å². The zero-order valence-corrected chi connectivity index (χ0v) is 15.5. The van der Waals surface area contributed by atoms with E-state index in [9.17, 15) is 4.39 Å². The third-order valence-electron chi connectivity index (χ3n) is 4.03. The molecule has 0 N–H and O–H groups in total. The zero-order valence-electron chi connectivity index (χ0n) is 13.8. The molecule has 0 spiro atoms. The smallest absolute Gasteiger partial charge is 0.128 e. The summed E-state index contributed by atoms with van der Waals surface area (Å²) in [6, 6.07) is 6.62. The standard InChI is InChI=1S/C18H20FN3S2/c1-3-22(4-2)9-10-23-17-16-15(11-24-18(16)21-12-20-17)13-5-7-14(19)8-6-13/h5-8,11-12H,3-4,9-10H2,1-2H3. The Hall–Kier alpha value is -1.50. The van der Waals surface area contributed by atoms with Crippen molar-refractivity contribution in [2.45, 2.75) is 18.9 Å². The van der Waals surface area contributed by atoms with E-state index in [2.05, 4.69) is 34.1 Å². The first-order valence-corrected chi connectivity index (χ1v) is 9.92. The lowest BCUT2D eigenvalue weighted by atomic mass is 10.1. The second-order valence-electron chi connectivity index (χ2n) is 5.39. The van der Waals surface area contributed by atoms with E-state index in [0.717, 1.165) is 51.8 Å². The predicted molar refractivity (Wildman–Crippen MR) is 101 cm³/mol. The van der Waals surface area contributed by atoms with Gasteiger partial charge in [-0.15, -0.1) is 23.1 Å². The van der Waals surface area contributed by atoms with E-state index in [4.69, 9.17) is 0 Å². The highest BCUT2D eigenvalue weighted by molar-refractivity contribution is 7.99. The van der Waals surface area contributed by atoms with Crippen LogP contribution in [0.4, 0.5) is 4.39 Å². The molecule has 3 nitrogen and oxygen atoms in total. The van der Waals surface area contributed by atoms with Crippen molar-refractivity contribution in [3.05, 3.63) is 41.8 Å². The fourth-order valence-corrected chi connectivity index (χ4v) is 4.61. The number of fused-ring (bicyclic) bond motifs is 1. The summed E-state index contributed by atoms with van der Waals surface area (Å²) in [6.07, 6.45) is 1.63. The highest BCUT2D eigenvalue weighted by Crippen LogP contribution is 2.37. The molecular formula is C18H20FN3S2. The normalized spacial score (nSPS) is 11.5. The lowest BCUT2D eigenvalue weighted by Crippen LogP contribution is -2.25. The van der Waals surface area contributed by atoms with Crippen LogP contribution in [0.3, 0.4) is 0 Å². The highest BCUT2D eigenvalue weighted by Gasteiger charge is 2.13. The first-order valence-electron chi connectivity index (χ1n) is 8.06. The van der Waals surface area contributed by atoms with E-state index in [1.807, 2.05) is 12.1 Å². The number of thioether (sulfide) groups is 1. The van der Waals surface area contributed by atoms with Crippen molar-refractivity contribution in [2.24, 2.45) is 0 Å². The summed E-state index contributed by atoms with van der Waals surface area (Å²) in [5.74, 6) is 0.773. The maximum atomic E-state index is 13.2. The quantitative estimate of drug-likeness (QED) is 0.441. The van der Waals surface area contributed by atoms with E-state index >= 15 is 0 Å². The maximum Gasteiger partial charge on any atom is 0.128 e. The minimum absolute atomic E-state index is 0.219. The van der Waals surface area contributed by atoms with Gasteiger partial charge in [0.05, 0.1) is 5.39 Å². The molecule has 0 aliphatic heterocycles. The van der Waals surface area contributed by atoms with Gasteiger partial charge in [-0.1, -0.05) is 26.0 Å². The second-order valence-corrected chi connectivity index (χ2v) is 7.33. The van der Waals surface area contributed by atoms with Gasteiger partial charge in [0.2, 0.25) is 0 Å². The lowest BCUT2D eigenvalue weighted by molar-refractivity contribution is 0.324. The fourth-order valence-electron chi connectivity index (χ4n) is 2.61. The van der Waals surface area contributed by atoms with Gasteiger partial charge in [0.25, 0.3) is 0 Å². The van der Waals surface area contributed by atoms with Crippen LogP contribution in [0.2, 0.25) is 0 Å². The Labute approximate surface area is 149 Å². The summed E-state index contributed by atoms with van der Waals surface area (Å²) in [5, 5.41) is 4.17. The molecule has 3 rings (SSSR count). The van der Waals surface area contributed by atoms with Gasteiger partial charge < -0.3 is 4.90 Å². The summed E-state index contributed by atoms with van der Waals surface area (Å²) in [7, 11) is 0. The number of halogens is 1. The first kappa shape index (κ1) is 17.3. The van der Waals surface area contributed by atoms with Gasteiger partial charge in [0.15, 0.2) is 0 Å². The molecular weight excluding hydrogens is 341 g/mol. The van der Waals surface area contributed by atoms with Crippen molar-refractivity contribution >= 4 is 33.3 Å². The number of benzene rings is 1. The van der Waals surface area contributed by atoms with Gasteiger partial charge >= 0.3 is 0 Å². The van der Waals surface area contributed by atoms with Crippen molar-refractivity contribution in [3.8, 4) is 11.1 Å². The van der Waals surface area contributed by atoms with Gasteiger partial charge in [-0.05, 0) is 30.8 Å². The molecule has 0 aliphatic carbocycles. The Morgan fingerprint density at radius 2 is 1.88 bits per heavy atom. The van der Waals surface area contributed by atoms with Crippen LogP contribution in [0.1, 0.15) is 13.8 Å². The molecule has 0 aliphatic rings. The van der Waals surface area contributed by atoms with Crippen LogP contribution in [0.5, 0.6) is 0 Å². The molecule has 126 valence electrons. The Balaban J connectivity index is 1.88. The molecule has 0 fully saturated rings. The topological polar surface area (TPSA) is 29.0 Å². The number of hydrogen-bond acceptors (Lipinski definition) is 5. The minimum Gasteiger partial charge on any atom is -0.303 e. The SMILES string of the molecule is CCN(CC)CCSc1ncnc2scc(-c3ccc(F)cc3)c12. The van der Waals surface area contributed by atoms with E-state index < -0.39 is 0 Å². The fraction of sp³-hybridized carbons (Fsp3) is 0.333. The summed E-state index contributed by atoms with van der Waals surface area (Å²) < 4.78 is 13.2. The number of nitrogens with zero attached hydrogens (tertiary/aromatic N) is 3. The van der Waals surface area contributed by atoms with Gasteiger partial charge in [-0.25, -0.2) is 14.4 Å². The molecule has 1 aromatic carbocycles. The molecule has 0 saturated carbocycles. The molecule has 2 heterocycles. The first-order chi connectivity index (χ1) is 11.7. The monoisotopic (exact) mass is 361 g/mol. The lowest BCUT2D eigenvalue weighted by Gasteiger charge is -2.17. The van der Waals surface area contributed by atoms with Crippen LogP contribution in [-0.2, 0) is 0 Å². The van der Waals surface area contributed by atoms with E-state index in [0.29, 0.717) is 0 Å². The Morgan fingerprint density at radius 1 is 1.12 bits per heavy atom. The van der Waals surface area contributed by atoms with Crippen molar-refractivity contribution in [2.75, 3.05) is 25.4 Å². The predicted octanol–water partition coefficient (Wildman–Crippen LogP) is 4.93. The molecule has 0 unspecified atom stereocenters. The molecule has 0 bridgehead atoms. The zero-order chi connectivity index (χ0) is 16.9. The largest absolute Gasteiger partial charge is 0.303 e. The maximum absolute atomic E-state index is 13.2. The minimum atomic E-state index is -0.219. The highest BCUT2D eigenvalue weighted by atomic mass is 32.2. The summed E-state index contributed by atoms with van der Waals surface area (Å²) in [5.41, 5.74) is 2.09. The van der Waals surface area contributed by atoms with Crippen molar-refractivity contribution in [1.82, 2.24) is 14.9 Å². The average molecular weight is 362 g/mol. The van der Waals surface area contributed by atoms with Crippen molar-refractivity contribution in [3.63, 3.8) is 0 Å². The molecule has 0 saturated heterocycles. The van der Waals surface area contributed by atoms with Gasteiger partial charge in [-0.2, -0.15) is 0 Å². The third kappa shape index (κ3) is 3.77. The summed E-state index contributed by atoms with van der Waals surface area (Å²) in [4.78, 5) is 12.3. The van der Waals surface area contributed by atoms with Crippen LogP contribution in [0, 0.1) is 5.82 Å². The van der Waals surface area contributed by atoms with E-state index in [-0.39, 0.29) is 5.82 Å².